The minimum absolute atomic E-state index is 0.0619. The SMILES string of the molecule is CCCCN1C(=O)C(CC)NC1C. The van der Waals surface area contributed by atoms with Crippen LogP contribution in [-0.2, 0) is 4.79 Å². The van der Waals surface area contributed by atoms with Crippen molar-refractivity contribution in [1.29, 1.82) is 0 Å². The minimum atomic E-state index is 0.0619. The van der Waals surface area contributed by atoms with Crippen molar-refractivity contribution in [3.8, 4) is 0 Å². The van der Waals surface area contributed by atoms with E-state index in [9.17, 15) is 4.79 Å². The number of rotatable bonds is 4. The monoisotopic (exact) mass is 184 g/mol. The number of nitrogens with one attached hydrogen (secondary N) is 1. The van der Waals surface area contributed by atoms with Gasteiger partial charge >= 0.3 is 0 Å². The maximum absolute atomic E-state index is 11.7. The van der Waals surface area contributed by atoms with Crippen LogP contribution in [0, 0.1) is 0 Å². The van der Waals surface area contributed by atoms with Crippen molar-refractivity contribution in [2.45, 2.75) is 52.2 Å². The summed E-state index contributed by atoms with van der Waals surface area (Å²) in [4.78, 5) is 13.7. The van der Waals surface area contributed by atoms with Crippen LogP contribution in [-0.4, -0.2) is 29.6 Å². The summed E-state index contributed by atoms with van der Waals surface area (Å²) in [6.07, 6.45) is 3.37. The number of amides is 1. The summed E-state index contributed by atoms with van der Waals surface area (Å²) in [6, 6.07) is 0.0619. The van der Waals surface area contributed by atoms with Gasteiger partial charge in [0.05, 0.1) is 12.2 Å². The average Bonchev–Trinajstić information content (AvgIpc) is 2.39. The summed E-state index contributed by atoms with van der Waals surface area (Å²) in [7, 11) is 0. The number of carbonyl (C=O) groups is 1. The Balaban J connectivity index is 2.49. The van der Waals surface area contributed by atoms with Gasteiger partial charge in [0.1, 0.15) is 0 Å². The Kier molecular flexibility index (Phi) is 3.72. The third kappa shape index (κ3) is 2.21. The molecule has 76 valence electrons. The van der Waals surface area contributed by atoms with Crippen LogP contribution >= 0.6 is 0 Å². The van der Waals surface area contributed by atoms with Crippen LogP contribution in [0.4, 0.5) is 0 Å². The summed E-state index contributed by atoms with van der Waals surface area (Å²) in [5.74, 6) is 0.281. The highest BCUT2D eigenvalue weighted by atomic mass is 16.2. The van der Waals surface area contributed by atoms with Crippen LogP contribution in [0.5, 0.6) is 0 Å². The van der Waals surface area contributed by atoms with E-state index in [1.807, 2.05) is 11.8 Å². The van der Waals surface area contributed by atoms with Gasteiger partial charge in [0.2, 0.25) is 5.91 Å². The summed E-state index contributed by atoms with van der Waals surface area (Å²) < 4.78 is 0. The Bertz CT molecular complexity index is 182. The summed E-state index contributed by atoms with van der Waals surface area (Å²) in [6.45, 7) is 7.16. The molecule has 1 aliphatic rings. The highest BCUT2D eigenvalue weighted by molar-refractivity contribution is 5.84. The molecule has 1 aliphatic heterocycles. The maximum atomic E-state index is 11.7. The first kappa shape index (κ1) is 10.5. The van der Waals surface area contributed by atoms with Crippen molar-refractivity contribution in [2.24, 2.45) is 0 Å². The molecule has 0 aromatic rings. The molecule has 1 heterocycles. The van der Waals surface area contributed by atoms with Crippen LogP contribution in [0.2, 0.25) is 0 Å². The fourth-order valence-electron chi connectivity index (χ4n) is 1.77. The molecule has 0 saturated carbocycles. The fraction of sp³-hybridized carbons (Fsp3) is 0.900. The molecule has 0 radical (unpaired) electrons. The second kappa shape index (κ2) is 4.61. The molecule has 1 rings (SSSR count). The van der Waals surface area contributed by atoms with E-state index >= 15 is 0 Å². The van der Waals surface area contributed by atoms with Gasteiger partial charge in [-0.2, -0.15) is 0 Å². The van der Waals surface area contributed by atoms with Crippen LogP contribution < -0.4 is 5.32 Å². The molecule has 1 saturated heterocycles. The molecule has 1 amide bonds. The Morgan fingerprint density at radius 3 is 2.62 bits per heavy atom. The highest BCUT2D eigenvalue weighted by Gasteiger charge is 2.34. The normalized spacial score (nSPS) is 28.5. The van der Waals surface area contributed by atoms with Gasteiger partial charge in [0.25, 0.3) is 0 Å². The Labute approximate surface area is 80.5 Å². The van der Waals surface area contributed by atoms with Crippen LogP contribution in [0.15, 0.2) is 0 Å². The Hall–Kier alpha value is -0.570. The predicted octanol–water partition coefficient (Wildman–Crippen LogP) is 1.34. The van der Waals surface area contributed by atoms with Gasteiger partial charge in [0.15, 0.2) is 0 Å². The number of hydrogen-bond acceptors (Lipinski definition) is 2. The molecule has 0 bridgehead atoms. The van der Waals surface area contributed by atoms with Gasteiger partial charge in [0, 0.05) is 6.54 Å². The number of unbranched alkanes of at least 4 members (excludes halogenated alkanes) is 1. The standard InChI is InChI=1S/C10H20N2O/c1-4-6-7-12-8(3)11-9(5-2)10(12)13/h8-9,11H,4-7H2,1-3H3. The molecular weight excluding hydrogens is 164 g/mol. The zero-order chi connectivity index (χ0) is 9.84. The van der Waals surface area contributed by atoms with Gasteiger partial charge < -0.3 is 4.90 Å². The number of nitrogens with zero attached hydrogens (tertiary/aromatic N) is 1. The van der Waals surface area contributed by atoms with Crippen LogP contribution in [0.1, 0.15) is 40.0 Å². The van der Waals surface area contributed by atoms with E-state index in [1.165, 1.54) is 0 Å². The van der Waals surface area contributed by atoms with E-state index in [0.29, 0.717) is 0 Å². The molecule has 1 fully saturated rings. The summed E-state index contributed by atoms with van der Waals surface area (Å²) in [5, 5.41) is 3.29. The summed E-state index contributed by atoms with van der Waals surface area (Å²) in [5.41, 5.74) is 0. The maximum Gasteiger partial charge on any atom is 0.240 e. The molecular formula is C10H20N2O. The lowest BCUT2D eigenvalue weighted by atomic mass is 10.2. The van der Waals surface area contributed by atoms with Crippen molar-refractivity contribution >= 4 is 5.91 Å². The second-order valence-electron chi connectivity index (χ2n) is 3.69. The lowest BCUT2D eigenvalue weighted by Crippen LogP contribution is -2.35. The van der Waals surface area contributed by atoms with Crippen molar-refractivity contribution in [2.75, 3.05) is 6.54 Å². The van der Waals surface area contributed by atoms with Crippen LogP contribution in [0.3, 0.4) is 0 Å². The van der Waals surface area contributed by atoms with Gasteiger partial charge in [-0.25, -0.2) is 0 Å². The topological polar surface area (TPSA) is 32.3 Å². The van der Waals surface area contributed by atoms with E-state index in [2.05, 4.69) is 19.2 Å². The lowest BCUT2D eigenvalue weighted by molar-refractivity contribution is -0.129. The molecule has 2 atom stereocenters. The first-order valence-corrected chi connectivity index (χ1v) is 5.27. The van der Waals surface area contributed by atoms with E-state index in [0.717, 1.165) is 25.8 Å². The molecule has 3 heteroatoms. The quantitative estimate of drug-likeness (QED) is 0.715. The largest absolute Gasteiger partial charge is 0.326 e. The van der Waals surface area contributed by atoms with Crippen molar-refractivity contribution in [1.82, 2.24) is 10.2 Å². The van der Waals surface area contributed by atoms with E-state index < -0.39 is 0 Å². The first-order chi connectivity index (χ1) is 6.20. The molecule has 0 spiro atoms. The molecule has 13 heavy (non-hydrogen) atoms. The van der Waals surface area contributed by atoms with Gasteiger partial charge in [-0.1, -0.05) is 20.3 Å². The number of carbonyl (C=O) groups excluding carboxylic acids is 1. The van der Waals surface area contributed by atoms with Gasteiger partial charge in [-0.15, -0.1) is 0 Å². The number of hydrogen-bond donors (Lipinski definition) is 1. The third-order valence-corrected chi connectivity index (χ3v) is 2.65. The van der Waals surface area contributed by atoms with E-state index in [-0.39, 0.29) is 18.1 Å². The molecule has 1 N–H and O–H groups in total. The second-order valence-corrected chi connectivity index (χ2v) is 3.69. The lowest BCUT2D eigenvalue weighted by Gasteiger charge is -2.20. The minimum Gasteiger partial charge on any atom is -0.326 e. The van der Waals surface area contributed by atoms with Gasteiger partial charge in [-0.3, -0.25) is 10.1 Å². The first-order valence-electron chi connectivity index (χ1n) is 5.27. The highest BCUT2D eigenvalue weighted by Crippen LogP contribution is 2.13. The van der Waals surface area contributed by atoms with E-state index in [1.54, 1.807) is 0 Å². The smallest absolute Gasteiger partial charge is 0.240 e. The average molecular weight is 184 g/mol. The van der Waals surface area contributed by atoms with Crippen molar-refractivity contribution in [3.05, 3.63) is 0 Å². The van der Waals surface area contributed by atoms with Crippen molar-refractivity contribution in [3.63, 3.8) is 0 Å². The third-order valence-electron chi connectivity index (χ3n) is 2.65. The molecule has 3 nitrogen and oxygen atoms in total. The zero-order valence-corrected chi connectivity index (χ0v) is 8.84. The van der Waals surface area contributed by atoms with Crippen LogP contribution in [0.25, 0.3) is 0 Å². The molecule has 2 unspecified atom stereocenters. The molecule has 0 aromatic heterocycles. The molecule has 0 aliphatic carbocycles. The summed E-state index contributed by atoms with van der Waals surface area (Å²) >= 11 is 0. The molecule has 0 aromatic carbocycles. The Morgan fingerprint density at radius 1 is 1.46 bits per heavy atom. The zero-order valence-electron chi connectivity index (χ0n) is 8.84. The van der Waals surface area contributed by atoms with E-state index in [4.69, 9.17) is 0 Å². The Morgan fingerprint density at radius 2 is 2.15 bits per heavy atom. The van der Waals surface area contributed by atoms with Gasteiger partial charge in [-0.05, 0) is 19.8 Å². The fourth-order valence-corrected chi connectivity index (χ4v) is 1.77. The predicted molar refractivity (Wildman–Crippen MR) is 53.3 cm³/mol. The van der Waals surface area contributed by atoms with Crippen molar-refractivity contribution < 1.29 is 4.79 Å².